The highest BCUT2D eigenvalue weighted by Crippen LogP contribution is 2.54. The molecule has 2 fully saturated rings. The maximum absolute atomic E-state index is 13.3. The molecular formula is C29H47N5O3S. The van der Waals surface area contributed by atoms with Gasteiger partial charge in [-0.1, -0.05) is 30.5 Å². The number of benzene rings is 1. The molecule has 0 bridgehead atoms. The first-order valence-electron chi connectivity index (χ1n) is 13.6. The van der Waals surface area contributed by atoms with Crippen molar-refractivity contribution in [3.05, 3.63) is 47.3 Å². The lowest BCUT2D eigenvalue weighted by molar-refractivity contribution is 0.0966. The van der Waals surface area contributed by atoms with E-state index in [1.165, 1.54) is 25.7 Å². The number of anilines is 2. The van der Waals surface area contributed by atoms with Gasteiger partial charge >= 0.3 is 0 Å². The van der Waals surface area contributed by atoms with E-state index in [-0.39, 0.29) is 5.91 Å². The van der Waals surface area contributed by atoms with Gasteiger partial charge in [-0.2, -0.15) is 0 Å². The van der Waals surface area contributed by atoms with Crippen molar-refractivity contribution in [3.63, 3.8) is 0 Å². The molecule has 1 aliphatic heterocycles. The van der Waals surface area contributed by atoms with Crippen molar-refractivity contribution in [1.29, 1.82) is 0 Å². The molecule has 1 aromatic carbocycles. The summed E-state index contributed by atoms with van der Waals surface area (Å²) in [5.74, 6) is 0.280. The molecule has 8 nitrogen and oxygen atoms in total. The third-order valence-electron chi connectivity index (χ3n) is 6.81. The lowest BCUT2D eigenvalue weighted by Crippen LogP contribution is -2.36. The summed E-state index contributed by atoms with van der Waals surface area (Å²) in [5.41, 5.74) is 4.22. The Bertz CT molecular complexity index is 934. The number of aliphatic hydroxyl groups excluding tert-OH is 1. The molecule has 1 amide bonds. The largest absolute Gasteiger partial charge is 0.396 e. The minimum Gasteiger partial charge on any atom is -0.396 e. The zero-order valence-electron chi connectivity index (χ0n) is 23.6. The highest BCUT2D eigenvalue weighted by molar-refractivity contribution is 7.99. The molecule has 1 saturated heterocycles. The average molecular weight is 546 g/mol. The fourth-order valence-corrected chi connectivity index (χ4v) is 4.65. The van der Waals surface area contributed by atoms with Gasteiger partial charge in [-0.05, 0) is 88.9 Å². The van der Waals surface area contributed by atoms with Crippen LogP contribution in [0.15, 0.2) is 46.7 Å². The second-order valence-electron chi connectivity index (χ2n) is 9.84. The number of aliphatic imine (C=N–C) groups is 1. The van der Waals surface area contributed by atoms with Crippen molar-refractivity contribution in [2.75, 3.05) is 62.4 Å². The zero-order valence-corrected chi connectivity index (χ0v) is 24.5. The van der Waals surface area contributed by atoms with Crippen LogP contribution in [0.5, 0.6) is 0 Å². The fourth-order valence-electron chi connectivity index (χ4n) is 4.29. The number of aliphatic hydroxyl groups is 1. The zero-order chi connectivity index (χ0) is 27.8. The van der Waals surface area contributed by atoms with Gasteiger partial charge in [0.05, 0.1) is 24.5 Å². The SMILES string of the molecule is C=N/C(=C\C(C)=C/CCOCCNC)NC(=O)c1ccc(NSC)cc1N1CCC2(CC1)CC2.CCCO. The van der Waals surface area contributed by atoms with Gasteiger partial charge in [0, 0.05) is 38.2 Å². The molecule has 0 radical (unpaired) electrons. The van der Waals surface area contributed by atoms with E-state index in [2.05, 4.69) is 44.1 Å². The Labute approximate surface area is 233 Å². The quantitative estimate of drug-likeness (QED) is 0.113. The predicted molar refractivity (Wildman–Crippen MR) is 162 cm³/mol. The Balaban J connectivity index is 0.00000118. The standard InChI is InChI=1S/C26H39N5O2S.C3H8O/c1-20(6-5-16-33-17-13-27-2)18-24(28-3)29-25(32)22-8-7-21(30-34-4)19-23(22)31-14-11-26(9-10-26)12-15-31;1-2-3-4/h6-8,18-19,27,30H,3,5,9-17H2,1-2,4H3,(H,29,32);4H,2-3H2,1H3/b20-6-,24-18+;. The molecule has 9 heteroatoms. The topological polar surface area (TPSA) is 98.2 Å². The molecule has 2 aliphatic rings. The molecule has 1 spiro atoms. The van der Waals surface area contributed by atoms with Crippen molar-refractivity contribution in [2.45, 2.75) is 52.4 Å². The first-order valence-corrected chi connectivity index (χ1v) is 14.8. The van der Waals surface area contributed by atoms with Crippen LogP contribution in [0.3, 0.4) is 0 Å². The number of hydrogen-bond donors (Lipinski definition) is 4. The fraction of sp³-hybridized carbons (Fsp3) is 0.586. The van der Waals surface area contributed by atoms with Crippen LogP contribution in [-0.4, -0.2) is 70.5 Å². The van der Waals surface area contributed by atoms with Crippen LogP contribution < -0.4 is 20.3 Å². The van der Waals surface area contributed by atoms with E-state index in [0.29, 0.717) is 36.6 Å². The predicted octanol–water partition coefficient (Wildman–Crippen LogP) is 4.99. The summed E-state index contributed by atoms with van der Waals surface area (Å²) in [6.45, 7) is 12.1. The van der Waals surface area contributed by atoms with E-state index in [1.807, 2.05) is 45.4 Å². The lowest BCUT2D eigenvalue weighted by atomic mass is 9.93. The Hall–Kier alpha value is -2.33. The number of piperidine rings is 1. The minimum absolute atomic E-state index is 0.167. The molecular weight excluding hydrogens is 498 g/mol. The molecule has 3 rings (SSSR count). The number of ether oxygens (including phenoxy) is 1. The van der Waals surface area contributed by atoms with Gasteiger partial charge in [-0.15, -0.1) is 0 Å². The highest BCUT2D eigenvalue weighted by atomic mass is 32.2. The Morgan fingerprint density at radius 3 is 2.55 bits per heavy atom. The number of nitrogens with zero attached hydrogens (tertiary/aromatic N) is 2. The Morgan fingerprint density at radius 2 is 1.97 bits per heavy atom. The molecule has 0 atom stereocenters. The van der Waals surface area contributed by atoms with Crippen molar-refractivity contribution < 1.29 is 14.6 Å². The van der Waals surface area contributed by atoms with Crippen molar-refractivity contribution in [2.24, 2.45) is 10.4 Å². The number of carbonyl (C=O) groups excluding carboxylic acids is 1. The van der Waals surface area contributed by atoms with Crippen molar-refractivity contribution in [1.82, 2.24) is 10.6 Å². The summed E-state index contributed by atoms with van der Waals surface area (Å²) in [5, 5.41) is 13.9. The van der Waals surface area contributed by atoms with Crippen LogP contribution in [0.4, 0.5) is 11.4 Å². The average Bonchev–Trinajstić information content (AvgIpc) is 3.69. The number of likely N-dealkylation sites (N-methyl/N-ethyl adjacent to an activating group) is 1. The maximum atomic E-state index is 13.3. The maximum Gasteiger partial charge on any atom is 0.258 e. The summed E-state index contributed by atoms with van der Waals surface area (Å²) < 4.78 is 8.84. The van der Waals surface area contributed by atoms with Crippen LogP contribution in [0, 0.1) is 5.41 Å². The van der Waals surface area contributed by atoms with Crippen LogP contribution in [0.25, 0.3) is 0 Å². The van der Waals surface area contributed by atoms with Gasteiger partial charge in [0.1, 0.15) is 5.82 Å². The molecule has 1 aliphatic carbocycles. The lowest BCUT2D eigenvalue weighted by Gasteiger charge is -2.35. The van der Waals surface area contributed by atoms with Gasteiger partial charge in [-0.3, -0.25) is 4.79 Å². The molecule has 1 saturated carbocycles. The third kappa shape index (κ3) is 10.8. The second-order valence-corrected chi connectivity index (χ2v) is 10.5. The van der Waals surface area contributed by atoms with Gasteiger partial charge in [0.2, 0.25) is 0 Å². The first-order chi connectivity index (χ1) is 18.4. The molecule has 38 heavy (non-hydrogen) atoms. The molecule has 212 valence electrons. The van der Waals surface area contributed by atoms with E-state index in [0.717, 1.165) is 49.4 Å². The van der Waals surface area contributed by atoms with E-state index in [1.54, 1.807) is 11.9 Å². The molecule has 1 heterocycles. The number of carbonyl (C=O) groups is 1. The molecule has 1 aromatic rings. The number of allylic oxidation sites excluding steroid dienone is 2. The van der Waals surface area contributed by atoms with Crippen LogP contribution in [-0.2, 0) is 4.74 Å². The first kappa shape index (κ1) is 31.9. The summed E-state index contributed by atoms with van der Waals surface area (Å²) in [6, 6.07) is 5.93. The molecule has 4 N–H and O–H groups in total. The van der Waals surface area contributed by atoms with Crippen molar-refractivity contribution in [3.8, 4) is 0 Å². The summed E-state index contributed by atoms with van der Waals surface area (Å²) >= 11 is 1.55. The van der Waals surface area contributed by atoms with Crippen LogP contribution >= 0.6 is 11.9 Å². The third-order valence-corrected chi connectivity index (χ3v) is 7.25. The normalized spacial score (nSPS) is 16.5. The van der Waals surface area contributed by atoms with Crippen LogP contribution in [0.2, 0.25) is 0 Å². The van der Waals surface area contributed by atoms with Gasteiger partial charge in [-0.25, -0.2) is 4.99 Å². The Kier molecular flexibility index (Phi) is 14.5. The van der Waals surface area contributed by atoms with E-state index >= 15 is 0 Å². The number of amides is 1. The van der Waals surface area contributed by atoms with E-state index < -0.39 is 0 Å². The molecule has 0 aromatic heterocycles. The van der Waals surface area contributed by atoms with Crippen molar-refractivity contribution >= 4 is 35.9 Å². The minimum atomic E-state index is -0.167. The van der Waals surface area contributed by atoms with Gasteiger partial charge < -0.3 is 30.1 Å². The van der Waals surface area contributed by atoms with E-state index in [9.17, 15) is 4.79 Å². The van der Waals surface area contributed by atoms with Crippen LogP contribution in [0.1, 0.15) is 62.7 Å². The molecule has 0 unspecified atom stereocenters. The second kappa shape index (κ2) is 17.3. The number of rotatable bonds is 14. The van der Waals surface area contributed by atoms with E-state index in [4.69, 9.17) is 9.84 Å². The summed E-state index contributed by atoms with van der Waals surface area (Å²) in [7, 11) is 1.91. The summed E-state index contributed by atoms with van der Waals surface area (Å²) in [4.78, 5) is 19.7. The van der Waals surface area contributed by atoms with Gasteiger partial charge in [0.25, 0.3) is 5.91 Å². The summed E-state index contributed by atoms with van der Waals surface area (Å²) in [6.07, 6.45) is 12.7. The highest BCUT2D eigenvalue weighted by Gasteiger charge is 2.44. The number of nitrogens with one attached hydrogen (secondary N) is 3. The Morgan fingerprint density at radius 1 is 1.26 bits per heavy atom. The van der Waals surface area contributed by atoms with Gasteiger partial charge in [0.15, 0.2) is 0 Å². The monoisotopic (exact) mass is 545 g/mol. The number of hydrogen-bond acceptors (Lipinski definition) is 8. The smallest absolute Gasteiger partial charge is 0.258 e.